The average Bonchev–Trinajstić information content (AvgIpc) is 2.78. The van der Waals surface area contributed by atoms with Crippen LogP contribution in [0.3, 0.4) is 0 Å². The SMILES string of the molecule is Cc1ccccc1CC(=O)N(Cc1ccccc1C)[C@@H](Cc1ccccc1)C(=O)NC(C)(C)C. The lowest BCUT2D eigenvalue weighted by molar-refractivity contribution is -0.141. The van der Waals surface area contributed by atoms with Crippen LogP contribution in [-0.4, -0.2) is 28.3 Å². The molecule has 0 saturated carbocycles. The molecular weight excluding hydrogens is 420 g/mol. The molecule has 0 unspecified atom stereocenters. The Morgan fingerprint density at radius 1 is 0.794 bits per heavy atom. The molecule has 0 heterocycles. The molecule has 1 N–H and O–H groups in total. The van der Waals surface area contributed by atoms with Gasteiger partial charge in [0.1, 0.15) is 6.04 Å². The minimum absolute atomic E-state index is 0.0532. The van der Waals surface area contributed by atoms with Gasteiger partial charge in [0.15, 0.2) is 0 Å². The molecule has 178 valence electrons. The summed E-state index contributed by atoms with van der Waals surface area (Å²) < 4.78 is 0. The smallest absolute Gasteiger partial charge is 0.243 e. The van der Waals surface area contributed by atoms with Crippen molar-refractivity contribution >= 4 is 11.8 Å². The quantitative estimate of drug-likeness (QED) is 0.493. The molecule has 3 aromatic carbocycles. The first-order valence-electron chi connectivity index (χ1n) is 11.9. The first kappa shape index (κ1) is 25.2. The Balaban J connectivity index is 2.01. The fraction of sp³-hybridized carbons (Fsp3) is 0.333. The van der Waals surface area contributed by atoms with Gasteiger partial charge >= 0.3 is 0 Å². The van der Waals surface area contributed by atoms with Gasteiger partial charge in [-0.2, -0.15) is 0 Å². The lowest BCUT2D eigenvalue weighted by Gasteiger charge is -2.34. The molecule has 2 amide bonds. The van der Waals surface area contributed by atoms with Crippen molar-refractivity contribution in [2.24, 2.45) is 0 Å². The minimum Gasteiger partial charge on any atom is -0.350 e. The molecule has 0 aliphatic rings. The van der Waals surface area contributed by atoms with E-state index < -0.39 is 11.6 Å². The summed E-state index contributed by atoms with van der Waals surface area (Å²) in [7, 11) is 0. The molecule has 0 aliphatic carbocycles. The molecule has 0 aromatic heterocycles. The third-order valence-corrected chi connectivity index (χ3v) is 5.97. The van der Waals surface area contributed by atoms with Crippen molar-refractivity contribution < 1.29 is 9.59 Å². The topological polar surface area (TPSA) is 49.4 Å². The van der Waals surface area contributed by atoms with Crippen LogP contribution in [0.25, 0.3) is 0 Å². The van der Waals surface area contributed by atoms with Crippen LogP contribution in [0.4, 0.5) is 0 Å². The number of carbonyl (C=O) groups excluding carboxylic acids is 2. The molecule has 34 heavy (non-hydrogen) atoms. The largest absolute Gasteiger partial charge is 0.350 e. The van der Waals surface area contributed by atoms with Crippen LogP contribution >= 0.6 is 0 Å². The number of benzene rings is 3. The predicted molar refractivity (Wildman–Crippen MR) is 138 cm³/mol. The van der Waals surface area contributed by atoms with Crippen molar-refractivity contribution in [1.29, 1.82) is 0 Å². The van der Waals surface area contributed by atoms with E-state index in [0.29, 0.717) is 13.0 Å². The van der Waals surface area contributed by atoms with Gasteiger partial charge in [-0.15, -0.1) is 0 Å². The monoisotopic (exact) mass is 456 g/mol. The molecule has 4 nitrogen and oxygen atoms in total. The summed E-state index contributed by atoms with van der Waals surface area (Å²) in [4.78, 5) is 29.2. The van der Waals surface area contributed by atoms with Gasteiger partial charge < -0.3 is 10.2 Å². The van der Waals surface area contributed by atoms with E-state index in [-0.39, 0.29) is 18.2 Å². The Bertz CT molecular complexity index is 1120. The van der Waals surface area contributed by atoms with Gasteiger partial charge in [-0.25, -0.2) is 0 Å². The number of hydrogen-bond acceptors (Lipinski definition) is 2. The maximum Gasteiger partial charge on any atom is 0.243 e. The normalized spacial score (nSPS) is 12.1. The third-order valence-electron chi connectivity index (χ3n) is 5.97. The summed E-state index contributed by atoms with van der Waals surface area (Å²) in [6.07, 6.45) is 0.709. The molecule has 3 rings (SSSR count). The number of nitrogens with zero attached hydrogens (tertiary/aromatic N) is 1. The Morgan fingerprint density at radius 3 is 1.88 bits per heavy atom. The molecule has 0 bridgehead atoms. The van der Waals surface area contributed by atoms with E-state index in [1.807, 2.05) is 113 Å². The van der Waals surface area contributed by atoms with E-state index in [1.165, 1.54) is 0 Å². The van der Waals surface area contributed by atoms with Gasteiger partial charge in [-0.05, 0) is 62.4 Å². The second-order valence-corrected chi connectivity index (χ2v) is 10.00. The Morgan fingerprint density at radius 2 is 1.32 bits per heavy atom. The second-order valence-electron chi connectivity index (χ2n) is 10.00. The van der Waals surface area contributed by atoms with E-state index in [9.17, 15) is 9.59 Å². The van der Waals surface area contributed by atoms with Crippen LogP contribution in [0.2, 0.25) is 0 Å². The van der Waals surface area contributed by atoms with Crippen LogP contribution in [0, 0.1) is 13.8 Å². The van der Waals surface area contributed by atoms with Crippen molar-refractivity contribution in [2.75, 3.05) is 0 Å². The van der Waals surface area contributed by atoms with Crippen LogP contribution in [-0.2, 0) is 29.0 Å². The van der Waals surface area contributed by atoms with Crippen LogP contribution in [0.5, 0.6) is 0 Å². The lowest BCUT2D eigenvalue weighted by atomic mass is 9.98. The Labute approximate surface area is 204 Å². The number of aryl methyl sites for hydroxylation is 2. The van der Waals surface area contributed by atoms with Crippen molar-refractivity contribution in [3.05, 3.63) is 107 Å². The van der Waals surface area contributed by atoms with Crippen LogP contribution in [0.1, 0.15) is 48.6 Å². The molecule has 0 saturated heterocycles. The van der Waals surface area contributed by atoms with Gasteiger partial charge in [0.2, 0.25) is 11.8 Å². The lowest BCUT2D eigenvalue weighted by Crippen LogP contribution is -2.54. The van der Waals surface area contributed by atoms with Crippen molar-refractivity contribution in [3.8, 4) is 0 Å². The number of carbonyl (C=O) groups is 2. The third kappa shape index (κ3) is 7.05. The minimum atomic E-state index is -0.627. The summed E-state index contributed by atoms with van der Waals surface area (Å²) in [6, 6.07) is 25.3. The highest BCUT2D eigenvalue weighted by Crippen LogP contribution is 2.20. The second kappa shape index (κ2) is 11.1. The number of amides is 2. The van der Waals surface area contributed by atoms with Crippen LogP contribution in [0.15, 0.2) is 78.9 Å². The molecule has 0 aliphatic heterocycles. The Hall–Kier alpha value is -3.40. The highest BCUT2D eigenvalue weighted by Gasteiger charge is 2.32. The highest BCUT2D eigenvalue weighted by atomic mass is 16.2. The van der Waals surface area contributed by atoms with Crippen molar-refractivity contribution in [3.63, 3.8) is 0 Å². The first-order valence-corrected chi connectivity index (χ1v) is 11.9. The van der Waals surface area contributed by atoms with Crippen LogP contribution < -0.4 is 5.32 Å². The molecule has 0 fully saturated rings. The van der Waals surface area contributed by atoms with Crippen molar-refractivity contribution in [1.82, 2.24) is 10.2 Å². The fourth-order valence-electron chi connectivity index (χ4n) is 4.05. The average molecular weight is 457 g/mol. The van der Waals surface area contributed by atoms with Gasteiger partial charge in [0.05, 0.1) is 6.42 Å². The molecule has 3 aromatic rings. The maximum atomic E-state index is 13.8. The summed E-state index contributed by atoms with van der Waals surface area (Å²) in [6.45, 7) is 10.3. The maximum absolute atomic E-state index is 13.8. The van der Waals surface area contributed by atoms with E-state index in [2.05, 4.69) is 5.32 Å². The predicted octanol–water partition coefficient (Wildman–Crippen LogP) is 5.40. The van der Waals surface area contributed by atoms with Gasteiger partial charge in [0.25, 0.3) is 0 Å². The first-order chi connectivity index (χ1) is 16.1. The zero-order chi connectivity index (χ0) is 24.7. The van der Waals surface area contributed by atoms with Crippen molar-refractivity contribution in [2.45, 2.75) is 65.6 Å². The summed E-state index contributed by atoms with van der Waals surface area (Å²) in [5.74, 6) is -0.189. The van der Waals surface area contributed by atoms with Gasteiger partial charge in [-0.3, -0.25) is 9.59 Å². The number of hydrogen-bond donors (Lipinski definition) is 1. The van der Waals surface area contributed by atoms with E-state index >= 15 is 0 Å². The summed E-state index contributed by atoms with van der Waals surface area (Å²) in [5, 5.41) is 3.12. The molecule has 1 atom stereocenters. The molecule has 4 heteroatoms. The van der Waals surface area contributed by atoms with Gasteiger partial charge in [0, 0.05) is 18.5 Å². The summed E-state index contributed by atoms with van der Waals surface area (Å²) >= 11 is 0. The number of nitrogens with one attached hydrogen (secondary N) is 1. The zero-order valence-electron chi connectivity index (χ0n) is 21.0. The standard InChI is InChI=1S/C30H36N2O2/c1-22-13-9-11-17-25(22)20-28(33)32(21-26-18-12-10-14-23(26)2)27(29(34)31-30(3,4)5)19-24-15-7-6-8-16-24/h6-18,27H,19-21H2,1-5H3,(H,31,34)/t27-/m0/s1. The highest BCUT2D eigenvalue weighted by molar-refractivity contribution is 5.89. The fourth-order valence-corrected chi connectivity index (χ4v) is 4.05. The van der Waals surface area contributed by atoms with Gasteiger partial charge in [-0.1, -0.05) is 78.9 Å². The van der Waals surface area contributed by atoms with E-state index in [4.69, 9.17) is 0 Å². The number of rotatable bonds is 8. The summed E-state index contributed by atoms with van der Waals surface area (Å²) in [5.41, 5.74) is 4.82. The zero-order valence-corrected chi connectivity index (χ0v) is 21.0. The Kier molecular flexibility index (Phi) is 8.27. The molecule has 0 spiro atoms. The van der Waals surface area contributed by atoms with E-state index in [0.717, 1.165) is 27.8 Å². The van der Waals surface area contributed by atoms with E-state index in [1.54, 1.807) is 4.90 Å². The molecule has 0 radical (unpaired) electrons. The molecular formula is C30H36N2O2.